The molecule has 1 heterocycles. The molecule has 0 aliphatic carbocycles. The molecule has 2 aromatic carbocycles. The average molecular weight is 378 g/mol. The molecule has 2 aromatic rings. The summed E-state index contributed by atoms with van der Waals surface area (Å²) in [6.45, 7) is 10.6. The van der Waals surface area contributed by atoms with Crippen molar-refractivity contribution in [3.05, 3.63) is 65.7 Å². The summed E-state index contributed by atoms with van der Waals surface area (Å²) in [5.41, 5.74) is 4.40. The number of nitrogens with one attached hydrogen (secondary N) is 1. The highest BCUT2D eigenvalue weighted by atomic mass is 16.1. The van der Waals surface area contributed by atoms with Crippen LogP contribution in [0.25, 0.3) is 6.08 Å². The van der Waals surface area contributed by atoms with Crippen LogP contribution >= 0.6 is 0 Å². The summed E-state index contributed by atoms with van der Waals surface area (Å²) in [4.78, 5) is 17.1. The second-order valence-electron chi connectivity index (χ2n) is 8.50. The van der Waals surface area contributed by atoms with E-state index in [2.05, 4.69) is 73.3 Å². The van der Waals surface area contributed by atoms with Gasteiger partial charge in [0.15, 0.2) is 0 Å². The fourth-order valence-corrected chi connectivity index (χ4v) is 3.34. The summed E-state index contributed by atoms with van der Waals surface area (Å²) in [6, 6.07) is 16.4. The lowest BCUT2D eigenvalue weighted by molar-refractivity contribution is -0.111. The second-order valence-corrected chi connectivity index (χ2v) is 8.50. The van der Waals surface area contributed by atoms with Gasteiger partial charge in [0.25, 0.3) is 0 Å². The normalized spacial score (nSPS) is 15.8. The van der Waals surface area contributed by atoms with Crippen molar-refractivity contribution >= 4 is 23.4 Å². The van der Waals surface area contributed by atoms with Crippen molar-refractivity contribution in [2.45, 2.75) is 26.2 Å². The van der Waals surface area contributed by atoms with E-state index in [0.717, 1.165) is 43.1 Å². The van der Waals surface area contributed by atoms with Crippen LogP contribution in [0.1, 0.15) is 31.9 Å². The van der Waals surface area contributed by atoms with Gasteiger partial charge in [0.2, 0.25) is 5.91 Å². The zero-order valence-electron chi connectivity index (χ0n) is 17.4. The number of carbonyl (C=O) groups excluding carboxylic acids is 1. The Morgan fingerprint density at radius 3 is 2.25 bits per heavy atom. The summed E-state index contributed by atoms with van der Waals surface area (Å²) in [6.07, 6.45) is 3.47. The van der Waals surface area contributed by atoms with Gasteiger partial charge in [-0.05, 0) is 41.8 Å². The Morgan fingerprint density at radius 1 is 0.964 bits per heavy atom. The molecular weight excluding hydrogens is 346 g/mol. The predicted octanol–water partition coefficient (Wildman–Crippen LogP) is 4.39. The van der Waals surface area contributed by atoms with E-state index in [1.807, 2.05) is 24.3 Å². The first-order chi connectivity index (χ1) is 13.3. The van der Waals surface area contributed by atoms with Crippen molar-refractivity contribution in [1.82, 2.24) is 4.90 Å². The van der Waals surface area contributed by atoms with Crippen LogP contribution in [-0.2, 0) is 10.2 Å². The Bertz CT molecular complexity index is 826. The molecule has 0 unspecified atom stereocenters. The molecule has 0 atom stereocenters. The zero-order valence-corrected chi connectivity index (χ0v) is 17.4. The van der Waals surface area contributed by atoms with Crippen LogP contribution in [0.15, 0.2) is 54.6 Å². The smallest absolute Gasteiger partial charge is 0.248 e. The first kappa shape index (κ1) is 20.2. The molecule has 0 radical (unpaired) electrons. The van der Waals surface area contributed by atoms with Crippen LogP contribution in [0.4, 0.5) is 11.4 Å². The molecule has 4 nitrogen and oxygen atoms in total. The first-order valence-corrected chi connectivity index (χ1v) is 9.95. The first-order valence-electron chi connectivity index (χ1n) is 9.95. The van der Waals surface area contributed by atoms with Crippen molar-refractivity contribution in [2.75, 3.05) is 43.4 Å². The van der Waals surface area contributed by atoms with Crippen LogP contribution < -0.4 is 10.2 Å². The van der Waals surface area contributed by atoms with Gasteiger partial charge < -0.3 is 15.1 Å². The lowest BCUT2D eigenvalue weighted by Crippen LogP contribution is -2.44. The van der Waals surface area contributed by atoms with E-state index in [9.17, 15) is 4.79 Å². The van der Waals surface area contributed by atoms with E-state index in [1.165, 1.54) is 5.56 Å². The molecule has 1 N–H and O–H groups in total. The maximum Gasteiger partial charge on any atom is 0.248 e. The Balaban J connectivity index is 1.66. The van der Waals surface area contributed by atoms with Crippen LogP contribution in [0.3, 0.4) is 0 Å². The summed E-state index contributed by atoms with van der Waals surface area (Å²) < 4.78 is 0. The van der Waals surface area contributed by atoms with Crippen molar-refractivity contribution < 1.29 is 4.79 Å². The number of carbonyl (C=O) groups is 1. The maximum absolute atomic E-state index is 12.5. The Labute approximate surface area is 168 Å². The number of para-hydroxylation sites is 2. The maximum atomic E-state index is 12.5. The van der Waals surface area contributed by atoms with E-state index in [-0.39, 0.29) is 11.3 Å². The topological polar surface area (TPSA) is 35.6 Å². The minimum absolute atomic E-state index is 0.110. The molecule has 1 fully saturated rings. The third kappa shape index (κ3) is 5.23. The molecule has 0 bridgehead atoms. The predicted molar refractivity (Wildman–Crippen MR) is 119 cm³/mol. The van der Waals surface area contributed by atoms with E-state index in [1.54, 1.807) is 6.08 Å². The van der Waals surface area contributed by atoms with E-state index < -0.39 is 0 Å². The molecule has 148 valence electrons. The number of likely N-dealkylation sites (N-methyl/N-ethyl adjacent to an activating group) is 1. The molecule has 0 spiro atoms. The molecule has 3 rings (SSSR count). The number of rotatable bonds is 4. The monoisotopic (exact) mass is 377 g/mol. The molecule has 1 amide bonds. The number of benzene rings is 2. The highest BCUT2D eigenvalue weighted by Gasteiger charge is 2.17. The SMILES string of the molecule is CN1CCN(c2ccccc2NC(=O)/C=C/c2ccc(C(C)(C)C)cc2)CC1. The van der Waals surface area contributed by atoms with Crippen molar-refractivity contribution in [3.63, 3.8) is 0 Å². The Kier molecular flexibility index (Phi) is 6.20. The van der Waals surface area contributed by atoms with Gasteiger partial charge in [-0.3, -0.25) is 4.79 Å². The minimum atomic E-state index is -0.110. The fraction of sp³-hybridized carbons (Fsp3) is 0.375. The van der Waals surface area contributed by atoms with Gasteiger partial charge in [-0.25, -0.2) is 0 Å². The lowest BCUT2D eigenvalue weighted by atomic mass is 9.87. The number of amides is 1. The van der Waals surface area contributed by atoms with Gasteiger partial charge >= 0.3 is 0 Å². The third-order valence-electron chi connectivity index (χ3n) is 5.21. The van der Waals surface area contributed by atoms with E-state index in [4.69, 9.17) is 0 Å². The fourth-order valence-electron chi connectivity index (χ4n) is 3.34. The van der Waals surface area contributed by atoms with Gasteiger partial charge in [0.05, 0.1) is 11.4 Å². The second kappa shape index (κ2) is 8.61. The molecule has 4 heteroatoms. The number of hydrogen-bond acceptors (Lipinski definition) is 3. The number of anilines is 2. The molecule has 0 aromatic heterocycles. The van der Waals surface area contributed by atoms with Gasteiger partial charge in [0, 0.05) is 32.3 Å². The average Bonchev–Trinajstić information content (AvgIpc) is 2.67. The molecule has 1 aliphatic heterocycles. The minimum Gasteiger partial charge on any atom is -0.367 e. The lowest BCUT2D eigenvalue weighted by Gasteiger charge is -2.35. The van der Waals surface area contributed by atoms with Crippen molar-refractivity contribution in [2.24, 2.45) is 0 Å². The summed E-state index contributed by atoms with van der Waals surface area (Å²) in [7, 11) is 2.14. The van der Waals surface area contributed by atoms with E-state index in [0.29, 0.717) is 0 Å². The van der Waals surface area contributed by atoms with Gasteiger partial charge in [-0.1, -0.05) is 57.2 Å². The van der Waals surface area contributed by atoms with Gasteiger partial charge in [-0.2, -0.15) is 0 Å². The number of hydrogen-bond donors (Lipinski definition) is 1. The summed E-state index contributed by atoms with van der Waals surface area (Å²) >= 11 is 0. The molecule has 0 saturated carbocycles. The molecule has 28 heavy (non-hydrogen) atoms. The van der Waals surface area contributed by atoms with Crippen molar-refractivity contribution in [1.29, 1.82) is 0 Å². The standard InChI is InChI=1S/C24H31N3O/c1-24(2,3)20-12-9-19(10-13-20)11-14-23(28)25-21-7-5-6-8-22(21)27-17-15-26(4)16-18-27/h5-14H,15-18H2,1-4H3,(H,25,28)/b14-11+. The highest BCUT2D eigenvalue weighted by molar-refractivity contribution is 6.03. The highest BCUT2D eigenvalue weighted by Crippen LogP contribution is 2.26. The Morgan fingerprint density at radius 2 is 1.61 bits per heavy atom. The third-order valence-corrected chi connectivity index (χ3v) is 5.21. The number of piperazine rings is 1. The largest absolute Gasteiger partial charge is 0.367 e. The quantitative estimate of drug-likeness (QED) is 0.803. The van der Waals surface area contributed by atoms with Crippen LogP contribution in [-0.4, -0.2) is 44.0 Å². The molecular formula is C24H31N3O. The molecule has 1 aliphatic rings. The van der Waals surface area contributed by atoms with Crippen molar-refractivity contribution in [3.8, 4) is 0 Å². The number of nitrogens with zero attached hydrogens (tertiary/aromatic N) is 2. The Hall–Kier alpha value is -2.59. The van der Waals surface area contributed by atoms with Gasteiger partial charge in [-0.15, -0.1) is 0 Å². The van der Waals surface area contributed by atoms with Crippen LogP contribution in [0.5, 0.6) is 0 Å². The zero-order chi connectivity index (χ0) is 20.1. The van der Waals surface area contributed by atoms with Gasteiger partial charge in [0.1, 0.15) is 0 Å². The van der Waals surface area contributed by atoms with Crippen LogP contribution in [0.2, 0.25) is 0 Å². The van der Waals surface area contributed by atoms with E-state index >= 15 is 0 Å². The summed E-state index contributed by atoms with van der Waals surface area (Å²) in [5, 5.41) is 3.04. The van der Waals surface area contributed by atoms with Crippen LogP contribution in [0, 0.1) is 0 Å². The molecule has 1 saturated heterocycles. The summed E-state index contributed by atoms with van der Waals surface area (Å²) in [5.74, 6) is -0.110.